The number of carbonyl (C=O) groups excluding carboxylic acids is 2. The number of carbonyl (C=O) groups is 2. The normalized spacial score (nSPS) is 13.8. The van der Waals surface area contributed by atoms with E-state index in [1.807, 2.05) is 0 Å². The fourth-order valence-corrected chi connectivity index (χ4v) is 10.7. The first-order valence-corrected chi connectivity index (χ1v) is 21.0. The van der Waals surface area contributed by atoms with E-state index in [1.54, 1.807) is 22.7 Å². The predicted molar refractivity (Wildman–Crippen MR) is 204 cm³/mol. The zero-order valence-electron chi connectivity index (χ0n) is 27.5. The second-order valence-corrected chi connectivity index (χ2v) is 17.8. The van der Waals surface area contributed by atoms with Crippen LogP contribution in [0, 0.1) is 5.92 Å². The van der Waals surface area contributed by atoms with Crippen molar-refractivity contribution >= 4 is 89.1 Å². The van der Waals surface area contributed by atoms with Gasteiger partial charge >= 0.3 is 0 Å². The first-order valence-electron chi connectivity index (χ1n) is 17.1. The lowest BCUT2D eigenvalue weighted by Crippen LogP contribution is -2.34. The maximum absolute atomic E-state index is 14.5. The Balaban J connectivity index is 1.65. The number of thiophene rings is 2. The SMILES string of the molecule is CCCCCCc1cc(-c2c3c(c(-c4cc(CCCCCC)c(Br)s4)c4nsnc24)C(=O)N(CC(CC)CCCC)C3=O)sc1Br. The molecule has 2 amide bonds. The van der Waals surface area contributed by atoms with E-state index in [0.717, 1.165) is 103 Å². The topological polar surface area (TPSA) is 63.2 Å². The standard InChI is InChI=1S/C36H45Br2N3O2S3/c1-5-9-12-14-17-23-19-25(44-33(23)37)27-29-30(36(43)41(35(29)42)21-22(8-4)16-11-7-3)28(32-31(27)39-46-40-32)26-20-24(34(38)45-26)18-15-13-10-6-2/h19-20,22H,5-18,21H2,1-4H3. The number of benzene rings is 1. The molecule has 0 radical (unpaired) electrons. The maximum Gasteiger partial charge on any atom is 0.262 e. The highest BCUT2D eigenvalue weighted by Crippen LogP contribution is 2.50. The fourth-order valence-electron chi connectivity index (χ4n) is 6.50. The Morgan fingerprint density at radius 1 is 0.674 bits per heavy atom. The zero-order valence-corrected chi connectivity index (χ0v) is 33.1. The van der Waals surface area contributed by atoms with E-state index in [0.29, 0.717) is 17.7 Å². The van der Waals surface area contributed by atoms with Crippen molar-refractivity contribution in [2.45, 2.75) is 118 Å². The second-order valence-electron chi connectivity index (χ2n) is 12.5. The third kappa shape index (κ3) is 7.56. The van der Waals surface area contributed by atoms with Crippen LogP contribution in [-0.4, -0.2) is 32.0 Å². The first-order chi connectivity index (χ1) is 22.3. The van der Waals surface area contributed by atoms with Gasteiger partial charge in [-0.2, -0.15) is 8.75 Å². The molecule has 1 unspecified atom stereocenters. The maximum atomic E-state index is 14.5. The number of imide groups is 1. The zero-order chi connectivity index (χ0) is 32.8. The number of aromatic nitrogens is 2. The van der Waals surface area contributed by atoms with Crippen LogP contribution < -0.4 is 0 Å². The van der Waals surface area contributed by atoms with Crippen LogP contribution >= 0.6 is 66.3 Å². The minimum atomic E-state index is -0.189. The van der Waals surface area contributed by atoms with Gasteiger partial charge in [0.2, 0.25) is 0 Å². The highest BCUT2D eigenvalue weighted by Gasteiger charge is 2.43. The predicted octanol–water partition coefficient (Wildman–Crippen LogP) is 12.7. The van der Waals surface area contributed by atoms with Crippen molar-refractivity contribution in [1.82, 2.24) is 13.6 Å². The second kappa shape index (κ2) is 16.8. The van der Waals surface area contributed by atoms with E-state index >= 15 is 0 Å². The summed E-state index contributed by atoms with van der Waals surface area (Å²) in [6, 6.07) is 4.42. The molecule has 10 heteroatoms. The number of hydrogen-bond acceptors (Lipinski definition) is 7. The smallest absolute Gasteiger partial charge is 0.262 e. The van der Waals surface area contributed by atoms with Crippen molar-refractivity contribution in [3.8, 4) is 20.9 Å². The van der Waals surface area contributed by atoms with Gasteiger partial charge in [-0.15, -0.1) is 22.7 Å². The Morgan fingerprint density at radius 3 is 1.59 bits per heavy atom. The van der Waals surface area contributed by atoms with Crippen molar-refractivity contribution in [1.29, 1.82) is 0 Å². The number of hydrogen-bond donors (Lipinski definition) is 0. The Hall–Kier alpha value is -1.46. The number of nitrogens with zero attached hydrogens (tertiary/aromatic N) is 3. The Kier molecular flexibility index (Phi) is 13.1. The van der Waals surface area contributed by atoms with E-state index in [4.69, 9.17) is 8.75 Å². The van der Waals surface area contributed by atoms with Crippen molar-refractivity contribution < 1.29 is 9.59 Å². The van der Waals surface area contributed by atoms with Crippen LogP contribution in [0.3, 0.4) is 0 Å². The lowest BCUT2D eigenvalue weighted by atomic mass is 9.92. The van der Waals surface area contributed by atoms with Crippen molar-refractivity contribution in [3.63, 3.8) is 0 Å². The number of unbranched alkanes of at least 4 members (excludes halogenated alkanes) is 7. The third-order valence-electron chi connectivity index (χ3n) is 9.22. The number of fused-ring (bicyclic) bond motifs is 2. The van der Waals surface area contributed by atoms with Crippen molar-refractivity contribution in [2.24, 2.45) is 5.92 Å². The molecule has 1 atom stereocenters. The van der Waals surface area contributed by atoms with E-state index in [9.17, 15) is 9.59 Å². The van der Waals surface area contributed by atoms with Gasteiger partial charge in [0.25, 0.3) is 11.8 Å². The number of aryl methyl sites for hydroxylation is 2. The third-order valence-corrected chi connectivity index (χ3v) is 13.7. The fraction of sp³-hybridized carbons (Fsp3) is 0.556. The quantitative estimate of drug-likeness (QED) is 0.0742. The van der Waals surface area contributed by atoms with Crippen molar-refractivity contribution in [2.75, 3.05) is 6.54 Å². The van der Waals surface area contributed by atoms with Crippen LogP contribution in [0.4, 0.5) is 0 Å². The van der Waals surface area contributed by atoms with Gasteiger partial charge in [-0.05, 0) is 93.1 Å². The van der Waals surface area contributed by atoms with E-state index in [1.165, 1.54) is 54.6 Å². The Labute approximate surface area is 303 Å². The molecular weight excluding hydrogens is 762 g/mol. The number of amides is 2. The summed E-state index contributed by atoms with van der Waals surface area (Å²) in [5.41, 5.74) is 6.49. The van der Waals surface area contributed by atoms with Crippen LogP contribution in [0.15, 0.2) is 19.7 Å². The van der Waals surface area contributed by atoms with Gasteiger partial charge in [0, 0.05) is 27.4 Å². The molecule has 5 rings (SSSR count). The molecule has 0 N–H and O–H groups in total. The molecule has 0 spiro atoms. The summed E-state index contributed by atoms with van der Waals surface area (Å²) in [7, 11) is 0. The van der Waals surface area contributed by atoms with E-state index < -0.39 is 0 Å². The summed E-state index contributed by atoms with van der Waals surface area (Å²) in [4.78, 5) is 32.6. The minimum absolute atomic E-state index is 0.189. The molecular formula is C36H45Br2N3O2S3. The van der Waals surface area contributed by atoms with Crippen LogP contribution in [0.5, 0.6) is 0 Å². The van der Waals surface area contributed by atoms with Crippen LogP contribution in [-0.2, 0) is 12.8 Å². The molecule has 1 aliphatic heterocycles. The molecule has 0 saturated heterocycles. The largest absolute Gasteiger partial charge is 0.274 e. The van der Waals surface area contributed by atoms with Crippen LogP contribution in [0.25, 0.3) is 31.9 Å². The highest BCUT2D eigenvalue weighted by molar-refractivity contribution is 9.11. The molecule has 0 aliphatic carbocycles. The lowest BCUT2D eigenvalue weighted by molar-refractivity contribution is 0.0625. The molecule has 248 valence electrons. The highest BCUT2D eigenvalue weighted by atomic mass is 79.9. The molecule has 0 bridgehead atoms. The summed E-state index contributed by atoms with van der Waals surface area (Å²) in [6.45, 7) is 9.26. The molecule has 0 fully saturated rings. The van der Waals surface area contributed by atoms with Gasteiger partial charge in [-0.3, -0.25) is 14.5 Å². The van der Waals surface area contributed by atoms with Gasteiger partial charge in [0.15, 0.2) is 0 Å². The Bertz CT molecular complexity index is 1560. The lowest BCUT2D eigenvalue weighted by Gasteiger charge is -2.21. The van der Waals surface area contributed by atoms with Gasteiger partial charge in [0.05, 0.1) is 30.4 Å². The summed E-state index contributed by atoms with van der Waals surface area (Å²) >= 11 is 12.1. The molecule has 4 heterocycles. The van der Waals surface area contributed by atoms with E-state index in [2.05, 4.69) is 71.7 Å². The average Bonchev–Trinajstić information content (AvgIpc) is 3.82. The number of halogens is 2. The van der Waals surface area contributed by atoms with Gasteiger partial charge in [0.1, 0.15) is 11.0 Å². The van der Waals surface area contributed by atoms with Crippen LogP contribution in [0.1, 0.15) is 137 Å². The summed E-state index contributed by atoms with van der Waals surface area (Å²) in [5, 5.41) is 0. The molecule has 5 nitrogen and oxygen atoms in total. The van der Waals surface area contributed by atoms with E-state index in [-0.39, 0.29) is 17.7 Å². The average molecular weight is 808 g/mol. The number of rotatable bonds is 18. The van der Waals surface area contributed by atoms with Gasteiger partial charge in [-0.1, -0.05) is 85.5 Å². The van der Waals surface area contributed by atoms with Gasteiger partial charge in [-0.25, -0.2) is 0 Å². The van der Waals surface area contributed by atoms with Gasteiger partial charge < -0.3 is 0 Å². The molecule has 4 aromatic rings. The summed E-state index contributed by atoms with van der Waals surface area (Å²) in [6.07, 6.45) is 15.6. The monoisotopic (exact) mass is 805 g/mol. The first kappa shape index (κ1) is 35.8. The Morgan fingerprint density at radius 2 is 1.15 bits per heavy atom. The molecule has 1 aliphatic rings. The molecule has 1 aromatic carbocycles. The molecule has 0 saturated carbocycles. The minimum Gasteiger partial charge on any atom is -0.274 e. The summed E-state index contributed by atoms with van der Waals surface area (Å²) in [5.74, 6) is -0.0990. The molecule has 46 heavy (non-hydrogen) atoms. The van der Waals surface area contributed by atoms with Crippen molar-refractivity contribution in [3.05, 3.63) is 42.0 Å². The van der Waals surface area contributed by atoms with Crippen LogP contribution in [0.2, 0.25) is 0 Å². The summed E-state index contributed by atoms with van der Waals surface area (Å²) < 4.78 is 11.8. The molecule has 3 aromatic heterocycles.